The molecule has 1 rings (SSSR count). The van der Waals surface area contributed by atoms with Crippen molar-refractivity contribution in [1.82, 2.24) is 4.90 Å². The lowest BCUT2D eigenvalue weighted by atomic mass is 10.1. The molecule has 0 aromatic rings. The van der Waals surface area contributed by atoms with Gasteiger partial charge in [0, 0.05) is 19.3 Å². The SMILES string of the molecule is CCN(CCC1=CCN=C1)CC(C)C. The quantitative estimate of drug-likeness (QED) is 0.634. The predicted molar refractivity (Wildman–Crippen MR) is 63.0 cm³/mol. The Labute approximate surface area is 87.7 Å². The van der Waals surface area contributed by atoms with Crippen LogP contribution in [0.2, 0.25) is 0 Å². The maximum absolute atomic E-state index is 4.19. The molecule has 0 saturated carbocycles. The van der Waals surface area contributed by atoms with E-state index in [4.69, 9.17) is 0 Å². The minimum absolute atomic E-state index is 0.765. The molecular formula is C12H22N2. The van der Waals surface area contributed by atoms with Crippen molar-refractivity contribution >= 4 is 6.21 Å². The Balaban J connectivity index is 2.23. The van der Waals surface area contributed by atoms with Crippen LogP contribution in [-0.2, 0) is 0 Å². The van der Waals surface area contributed by atoms with E-state index in [9.17, 15) is 0 Å². The fourth-order valence-corrected chi connectivity index (χ4v) is 1.74. The third-order valence-electron chi connectivity index (χ3n) is 2.50. The van der Waals surface area contributed by atoms with E-state index in [2.05, 4.69) is 36.7 Å². The van der Waals surface area contributed by atoms with Crippen LogP contribution in [0.3, 0.4) is 0 Å². The highest BCUT2D eigenvalue weighted by Gasteiger charge is 2.06. The van der Waals surface area contributed by atoms with Gasteiger partial charge in [0.25, 0.3) is 0 Å². The van der Waals surface area contributed by atoms with Crippen LogP contribution in [0.25, 0.3) is 0 Å². The van der Waals surface area contributed by atoms with E-state index in [-0.39, 0.29) is 0 Å². The lowest BCUT2D eigenvalue weighted by molar-refractivity contribution is 0.260. The van der Waals surface area contributed by atoms with E-state index in [1.807, 2.05) is 6.21 Å². The topological polar surface area (TPSA) is 15.6 Å². The first kappa shape index (κ1) is 11.4. The highest BCUT2D eigenvalue weighted by molar-refractivity contribution is 5.80. The van der Waals surface area contributed by atoms with Gasteiger partial charge in [0.05, 0.1) is 6.54 Å². The van der Waals surface area contributed by atoms with Gasteiger partial charge in [0.2, 0.25) is 0 Å². The molecule has 14 heavy (non-hydrogen) atoms. The summed E-state index contributed by atoms with van der Waals surface area (Å²) in [5, 5.41) is 0. The molecule has 0 fully saturated rings. The molecule has 0 amide bonds. The molecule has 0 unspecified atom stereocenters. The first-order valence-corrected chi connectivity index (χ1v) is 5.63. The van der Waals surface area contributed by atoms with Gasteiger partial charge < -0.3 is 4.90 Å². The van der Waals surface area contributed by atoms with E-state index in [0.717, 1.165) is 25.4 Å². The summed E-state index contributed by atoms with van der Waals surface area (Å²) in [5.41, 5.74) is 1.41. The van der Waals surface area contributed by atoms with Gasteiger partial charge >= 0.3 is 0 Å². The molecule has 0 aliphatic carbocycles. The summed E-state index contributed by atoms with van der Waals surface area (Å²) in [5.74, 6) is 0.765. The minimum atomic E-state index is 0.765. The standard InChI is InChI=1S/C12H22N2/c1-4-14(10-11(2)3)8-6-12-5-7-13-9-12/h5,9,11H,4,6-8,10H2,1-3H3. The second kappa shape index (κ2) is 5.97. The van der Waals surface area contributed by atoms with Crippen molar-refractivity contribution in [3.8, 4) is 0 Å². The van der Waals surface area contributed by atoms with E-state index in [1.165, 1.54) is 18.7 Å². The summed E-state index contributed by atoms with van der Waals surface area (Å²) in [6, 6.07) is 0. The smallest absolute Gasteiger partial charge is 0.0576 e. The lowest BCUT2D eigenvalue weighted by Crippen LogP contribution is -2.28. The number of hydrogen-bond acceptors (Lipinski definition) is 2. The molecule has 0 aromatic carbocycles. The fraction of sp³-hybridized carbons (Fsp3) is 0.750. The number of hydrogen-bond donors (Lipinski definition) is 0. The van der Waals surface area contributed by atoms with Crippen LogP contribution in [0.5, 0.6) is 0 Å². The van der Waals surface area contributed by atoms with Crippen molar-refractivity contribution in [3.05, 3.63) is 11.6 Å². The Kier molecular flexibility index (Phi) is 4.88. The Morgan fingerprint density at radius 3 is 2.79 bits per heavy atom. The van der Waals surface area contributed by atoms with Crippen molar-refractivity contribution in [2.45, 2.75) is 27.2 Å². The first-order chi connectivity index (χ1) is 6.72. The molecule has 0 spiro atoms. The summed E-state index contributed by atoms with van der Waals surface area (Å²) in [6.07, 6.45) is 5.40. The van der Waals surface area contributed by atoms with Crippen LogP contribution >= 0.6 is 0 Å². The van der Waals surface area contributed by atoms with Crippen LogP contribution in [0.4, 0.5) is 0 Å². The first-order valence-electron chi connectivity index (χ1n) is 5.63. The van der Waals surface area contributed by atoms with E-state index >= 15 is 0 Å². The Bertz CT molecular complexity index is 216. The minimum Gasteiger partial charge on any atom is -0.303 e. The summed E-state index contributed by atoms with van der Waals surface area (Å²) >= 11 is 0. The van der Waals surface area contributed by atoms with Crippen molar-refractivity contribution in [2.75, 3.05) is 26.2 Å². The molecule has 0 saturated heterocycles. The number of rotatable bonds is 6. The van der Waals surface area contributed by atoms with Gasteiger partial charge in [0.1, 0.15) is 0 Å². The monoisotopic (exact) mass is 194 g/mol. The van der Waals surface area contributed by atoms with E-state index in [0.29, 0.717) is 0 Å². The zero-order valence-corrected chi connectivity index (χ0v) is 9.66. The van der Waals surface area contributed by atoms with Gasteiger partial charge in [-0.3, -0.25) is 4.99 Å². The van der Waals surface area contributed by atoms with Crippen LogP contribution < -0.4 is 0 Å². The molecule has 80 valence electrons. The Morgan fingerprint density at radius 1 is 1.50 bits per heavy atom. The molecular weight excluding hydrogens is 172 g/mol. The lowest BCUT2D eigenvalue weighted by Gasteiger charge is -2.22. The van der Waals surface area contributed by atoms with Crippen LogP contribution in [-0.4, -0.2) is 37.3 Å². The summed E-state index contributed by atoms with van der Waals surface area (Å²) in [6.45, 7) is 11.2. The zero-order chi connectivity index (χ0) is 10.4. The molecule has 2 heteroatoms. The Morgan fingerprint density at radius 2 is 2.29 bits per heavy atom. The van der Waals surface area contributed by atoms with Crippen molar-refractivity contribution in [3.63, 3.8) is 0 Å². The summed E-state index contributed by atoms with van der Waals surface area (Å²) in [7, 11) is 0. The summed E-state index contributed by atoms with van der Waals surface area (Å²) < 4.78 is 0. The average Bonchev–Trinajstić information content (AvgIpc) is 2.64. The third-order valence-corrected chi connectivity index (χ3v) is 2.50. The second-order valence-corrected chi connectivity index (χ2v) is 4.31. The van der Waals surface area contributed by atoms with Gasteiger partial charge in [-0.2, -0.15) is 0 Å². The van der Waals surface area contributed by atoms with E-state index < -0.39 is 0 Å². The molecule has 0 N–H and O–H groups in total. The molecule has 0 radical (unpaired) electrons. The third kappa shape index (κ3) is 4.05. The predicted octanol–water partition coefficient (Wildman–Crippen LogP) is 2.37. The molecule has 1 aliphatic heterocycles. The zero-order valence-electron chi connectivity index (χ0n) is 9.66. The van der Waals surface area contributed by atoms with Crippen molar-refractivity contribution < 1.29 is 0 Å². The van der Waals surface area contributed by atoms with Gasteiger partial charge in [-0.05, 0) is 24.5 Å². The fourth-order valence-electron chi connectivity index (χ4n) is 1.74. The maximum Gasteiger partial charge on any atom is 0.0576 e. The van der Waals surface area contributed by atoms with Crippen LogP contribution in [0.15, 0.2) is 16.6 Å². The molecule has 2 nitrogen and oxygen atoms in total. The Hall–Kier alpha value is -0.630. The normalized spacial score (nSPS) is 15.6. The highest BCUT2D eigenvalue weighted by Crippen LogP contribution is 2.07. The van der Waals surface area contributed by atoms with Gasteiger partial charge in [0.15, 0.2) is 0 Å². The van der Waals surface area contributed by atoms with Crippen molar-refractivity contribution in [2.24, 2.45) is 10.9 Å². The molecule has 1 aliphatic rings. The van der Waals surface area contributed by atoms with Crippen LogP contribution in [0, 0.1) is 5.92 Å². The number of aliphatic imine (C=N–C) groups is 1. The van der Waals surface area contributed by atoms with Gasteiger partial charge in [-0.15, -0.1) is 0 Å². The van der Waals surface area contributed by atoms with Gasteiger partial charge in [-0.25, -0.2) is 0 Å². The molecule has 1 heterocycles. The second-order valence-electron chi connectivity index (χ2n) is 4.31. The molecule has 0 atom stereocenters. The largest absolute Gasteiger partial charge is 0.303 e. The highest BCUT2D eigenvalue weighted by atomic mass is 15.1. The molecule has 0 bridgehead atoms. The van der Waals surface area contributed by atoms with Gasteiger partial charge in [-0.1, -0.05) is 26.8 Å². The summed E-state index contributed by atoms with van der Waals surface area (Å²) in [4.78, 5) is 6.70. The maximum atomic E-state index is 4.19. The van der Waals surface area contributed by atoms with Crippen molar-refractivity contribution in [1.29, 1.82) is 0 Å². The number of nitrogens with zero attached hydrogens (tertiary/aromatic N) is 2. The average molecular weight is 194 g/mol. The van der Waals surface area contributed by atoms with Crippen LogP contribution in [0.1, 0.15) is 27.2 Å². The van der Waals surface area contributed by atoms with E-state index in [1.54, 1.807) is 0 Å². The molecule has 0 aromatic heterocycles.